The lowest BCUT2D eigenvalue weighted by atomic mass is 10.1. The first-order valence-corrected chi connectivity index (χ1v) is 6.50. The molecule has 4 heteroatoms. The average molecular weight is 271 g/mol. The van der Waals surface area contributed by atoms with Gasteiger partial charge in [0, 0.05) is 7.97 Å². The quantitative estimate of drug-likeness (QED) is 0.864. The minimum absolute atomic E-state index is 0. The van der Waals surface area contributed by atoms with Gasteiger partial charge in [0.2, 0.25) is 0 Å². The summed E-state index contributed by atoms with van der Waals surface area (Å²) in [5.74, 6) is -0.275. The molecule has 0 aliphatic carbocycles. The Labute approximate surface area is 116 Å². The number of halogens is 1. The lowest BCUT2D eigenvalue weighted by Crippen LogP contribution is -2.32. The van der Waals surface area contributed by atoms with Gasteiger partial charge >= 0.3 is 6.09 Å². The summed E-state index contributed by atoms with van der Waals surface area (Å²) >= 11 is 0. The second kappa shape index (κ2) is 7.77. The van der Waals surface area contributed by atoms with Crippen molar-refractivity contribution < 1.29 is 15.3 Å². The van der Waals surface area contributed by atoms with E-state index in [1.807, 2.05) is 13.8 Å². The molecule has 1 aromatic rings. The molecular formula is C15H26FNO2. The zero-order valence-corrected chi connectivity index (χ0v) is 12.6. The van der Waals surface area contributed by atoms with Gasteiger partial charge in [-0.15, -0.1) is 0 Å². The second-order valence-corrected chi connectivity index (χ2v) is 4.93. The van der Waals surface area contributed by atoms with Crippen LogP contribution >= 0.6 is 0 Å². The number of rotatable bonds is 2. The van der Waals surface area contributed by atoms with Gasteiger partial charge in [-0.2, -0.15) is 0 Å². The molecule has 0 radical (unpaired) electrons. The third-order valence-corrected chi connectivity index (χ3v) is 2.13. The summed E-state index contributed by atoms with van der Waals surface area (Å²) < 4.78 is 18.0. The van der Waals surface area contributed by atoms with Crippen molar-refractivity contribution in [2.75, 3.05) is 0 Å². The van der Waals surface area contributed by atoms with Crippen LogP contribution in [0.3, 0.4) is 0 Å². The molecule has 3 nitrogen and oxygen atoms in total. The molecule has 1 N–H and O–H groups in total. The van der Waals surface area contributed by atoms with E-state index in [1.165, 1.54) is 12.1 Å². The van der Waals surface area contributed by atoms with Gasteiger partial charge in [-0.1, -0.05) is 19.9 Å². The fourth-order valence-corrected chi connectivity index (χ4v) is 1.34. The molecule has 0 saturated carbocycles. The van der Waals surface area contributed by atoms with E-state index < -0.39 is 11.7 Å². The van der Waals surface area contributed by atoms with Gasteiger partial charge in [-0.25, -0.2) is 9.18 Å². The Balaban J connectivity index is 0. The maximum absolute atomic E-state index is 12.9. The minimum atomic E-state index is -0.512. The van der Waals surface area contributed by atoms with Gasteiger partial charge in [0.25, 0.3) is 0 Å². The first kappa shape index (κ1) is 17.4. The van der Waals surface area contributed by atoms with Crippen LogP contribution in [-0.2, 0) is 11.3 Å². The van der Waals surface area contributed by atoms with Crippen LogP contribution in [-0.4, -0.2) is 11.7 Å². The van der Waals surface area contributed by atoms with Crippen LogP contribution in [0.4, 0.5) is 9.18 Å². The van der Waals surface area contributed by atoms with E-state index in [0.29, 0.717) is 6.54 Å². The lowest BCUT2D eigenvalue weighted by molar-refractivity contribution is 0.0523. The third-order valence-electron chi connectivity index (χ3n) is 2.13. The van der Waals surface area contributed by atoms with E-state index in [4.69, 9.17) is 4.74 Å². The number of carbonyl (C=O) groups excluding carboxylic acids is 1. The predicted molar refractivity (Wildman–Crippen MR) is 77.7 cm³/mol. The molecule has 0 aliphatic rings. The van der Waals surface area contributed by atoms with Crippen LogP contribution in [0.25, 0.3) is 0 Å². The van der Waals surface area contributed by atoms with E-state index in [2.05, 4.69) is 5.32 Å². The molecule has 1 aromatic carbocycles. The van der Waals surface area contributed by atoms with Crippen molar-refractivity contribution in [3.63, 3.8) is 0 Å². The maximum atomic E-state index is 12.9. The summed E-state index contributed by atoms with van der Waals surface area (Å²) in [6.45, 7) is 11.5. The van der Waals surface area contributed by atoms with Crippen molar-refractivity contribution >= 4 is 6.09 Å². The number of amides is 1. The van der Waals surface area contributed by atoms with Crippen molar-refractivity contribution in [3.05, 3.63) is 35.1 Å². The highest BCUT2D eigenvalue weighted by Crippen LogP contribution is 2.11. The van der Waals surface area contributed by atoms with Crippen LogP contribution in [0.2, 0.25) is 0 Å². The molecule has 1 rings (SSSR count). The summed E-state index contributed by atoms with van der Waals surface area (Å²) in [6.07, 6.45) is -0.471. The minimum Gasteiger partial charge on any atom is -0.444 e. The van der Waals surface area contributed by atoms with Crippen LogP contribution < -0.4 is 5.32 Å². The highest BCUT2D eigenvalue weighted by molar-refractivity contribution is 5.67. The van der Waals surface area contributed by atoms with Gasteiger partial charge in [0.05, 0.1) is 0 Å². The van der Waals surface area contributed by atoms with Crippen molar-refractivity contribution in [1.29, 1.82) is 0 Å². The maximum Gasteiger partial charge on any atom is 0.407 e. The highest BCUT2D eigenvalue weighted by atomic mass is 19.1. The van der Waals surface area contributed by atoms with E-state index in [0.717, 1.165) is 11.1 Å². The Morgan fingerprint density at radius 3 is 2.42 bits per heavy atom. The van der Waals surface area contributed by atoms with Crippen molar-refractivity contribution in [3.8, 4) is 0 Å². The Kier molecular flexibility index (Phi) is 7.12. The summed E-state index contributed by atoms with van der Waals surface area (Å²) in [5, 5.41) is 2.63. The normalized spacial score (nSPS) is 10.3. The molecular weight excluding hydrogens is 245 g/mol. The number of hydrogen-bond acceptors (Lipinski definition) is 2. The average Bonchev–Trinajstić information content (AvgIpc) is 2.28. The molecule has 1 amide bonds. The molecule has 0 aliphatic heterocycles. The predicted octanol–water partition coefficient (Wildman–Crippen LogP) is 4.43. The van der Waals surface area contributed by atoms with Crippen LogP contribution in [0.5, 0.6) is 0 Å². The molecule has 0 spiro atoms. The molecule has 0 unspecified atom stereocenters. The molecule has 110 valence electrons. The molecule has 0 aromatic heterocycles. The molecule has 0 heterocycles. The Morgan fingerprint density at radius 1 is 1.37 bits per heavy atom. The highest BCUT2D eigenvalue weighted by Gasteiger charge is 2.15. The van der Waals surface area contributed by atoms with Gasteiger partial charge in [0.15, 0.2) is 0 Å². The van der Waals surface area contributed by atoms with Crippen LogP contribution in [0.1, 0.15) is 47.2 Å². The number of hydrogen-bond donors (Lipinski definition) is 1. The first-order valence-electron chi connectivity index (χ1n) is 6.50. The molecule has 0 fully saturated rings. The molecule has 19 heavy (non-hydrogen) atoms. The van der Waals surface area contributed by atoms with Crippen molar-refractivity contribution in [1.82, 2.24) is 5.32 Å². The molecule has 0 saturated heterocycles. The Morgan fingerprint density at radius 2 is 1.95 bits per heavy atom. The molecule has 0 atom stereocenters. The number of carbonyl (C=O) groups is 1. The SMILES string of the molecule is CC.Cc1cc(F)ccc1CNC(=O)OC(C)(C)C.[HH]. The van der Waals surface area contributed by atoms with E-state index in [9.17, 15) is 9.18 Å². The zero-order chi connectivity index (χ0) is 15.1. The number of nitrogens with one attached hydrogen (secondary N) is 1. The molecule has 0 bridgehead atoms. The number of aryl methyl sites for hydroxylation is 1. The summed E-state index contributed by atoms with van der Waals surface area (Å²) in [6, 6.07) is 4.47. The number of alkyl carbamates (subject to hydrolysis) is 1. The summed E-state index contributed by atoms with van der Waals surface area (Å²) in [4.78, 5) is 11.4. The fourth-order valence-electron chi connectivity index (χ4n) is 1.34. The van der Waals surface area contributed by atoms with Gasteiger partial charge < -0.3 is 10.1 Å². The zero-order valence-electron chi connectivity index (χ0n) is 12.6. The van der Waals surface area contributed by atoms with Crippen molar-refractivity contribution in [2.24, 2.45) is 0 Å². The van der Waals surface area contributed by atoms with Crippen molar-refractivity contribution in [2.45, 2.75) is 53.7 Å². The smallest absolute Gasteiger partial charge is 0.407 e. The number of benzene rings is 1. The summed E-state index contributed by atoms with van der Waals surface area (Å²) in [7, 11) is 0. The lowest BCUT2D eigenvalue weighted by Gasteiger charge is -2.19. The third kappa shape index (κ3) is 7.44. The second-order valence-electron chi connectivity index (χ2n) is 4.93. The summed E-state index contributed by atoms with van der Waals surface area (Å²) in [5.41, 5.74) is 1.17. The van der Waals surface area contributed by atoms with E-state index in [-0.39, 0.29) is 7.24 Å². The van der Waals surface area contributed by atoms with Gasteiger partial charge in [0.1, 0.15) is 11.4 Å². The van der Waals surface area contributed by atoms with Gasteiger partial charge in [-0.3, -0.25) is 0 Å². The topological polar surface area (TPSA) is 38.3 Å². The van der Waals surface area contributed by atoms with Gasteiger partial charge in [-0.05, 0) is 51.0 Å². The number of ether oxygens (including phenoxy) is 1. The van der Waals surface area contributed by atoms with Crippen LogP contribution in [0, 0.1) is 12.7 Å². The van der Waals surface area contributed by atoms with Crippen LogP contribution in [0.15, 0.2) is 18.2 Å². The largest absolute Gasteiger partial charge is 0.444 e. The standard InChI is InChI=1S/C13H18FNO2.C2H6.H2/c1-9-7-11(14)6-5-10(9)8-15-12(16)17-13(2,3)4;1-2;/h5-7H,8H2,1-4H3,(H,15,16);1-2H3;1H. The van der Waals surface area contributed by atoms with E-state index >= 15 is 0 Å². The fraction of sp³-hybridized carbons (Fsp3) is 0.533. The Hall–Kier alpha value is -1.58. The monoisotopic (exact) mass is 271 g/mol. The Bertz CT molecular complexity index is 417. The van der Waals surface area contributed by atoms with E-state index in [1.54, 1.807) is 33.8 Å². The first-order chi connectivity index (χ1) is 8.78.